The fourth-order valence-electron chi connectivity index (χ4n) is 2.90. The highest BCUT2D eigenvalue weighted by Crippen LogP contribution is 2.30. The molecule has 2 aromatic rings. The van der Waals surface area contributed by atoms with Crippen LogP contribution in [0.3, 0.4) is 0 Å². The van der Waals surface area contributed by atoms with Gasteiger partial charge in [0, 0.05) is 42.5 Å². The number of aromatic nitrogens is 2. The number of rotatable bonds is 6. The zero-order valence-electron chi connectivity index (χ0n) is 14.3. The van der Waals surface area contributed by atoms with E-state index in [4.69, 9.17) is 4.74 Å². The fourth-order valence-corrected chi connectivity index (χ4v) is 2.90. The summed E-state index contributed by atoms with van der Waals surface area (Å²) in [7, 11) is 0. The molecule has 2 N–H and O–H groups in total. The molecule has 1 amide bonds. The molecule has 1 saturated heterocycles. The lowest BCUT2D eigenvalue weighted by atomic mass is 10.0. The summed E-state index contributed by atoms with van der Waals surface area (Å²) in [5.41, 5.74) is 1.45. The van der Waals surface area contributed by atoms with Crippen molar-refractivity contribution in [3.8, 4) is 0 Å². The highest BCUT2D eigenvalue weighted by molar-refractivity contribution is 6.03. The molecule has 7 nitrogen and oxygen atoms in total. The lowest BCUT2D eigenvalue weighted by Gasteiger charge is -2.27. The number of aliphatic hydroxyl groups is 1. The van der Waals surface area contributed by atoms with Gasteiger partial charge in [-0.2, -0.15) is 0 Å². The number of anilines is 1. The van der Waals surface area contributed by atoms with Crippen LogP contribution in [0.4, 0.5) is 10.1 Å². The molecule has 1 aromatic carbocycles. The van der Waals surface area contributed by atoms with Crippen molar-refractivity contribution < 1.29 is 19.0 Å². The first-order chi connectivity index (χ1) is 12.5. The lowest BCUT2D eigenvalue weighted by Crippen LogP contribution is -2.37. The third kappa shape index (κ3) is 4.40. The van der Waals surface area contributed by atoms with Gasteiger partial charge >= 0.3 is 0 Å². The third-order valence-electron chi connectivity index (χ3n) is 4.35. The molecule has 26 heavy (non-hydrogen) atoms. The Balaban J connectivity index is 1.83. The number of hydrogen-bond donors (Lipinski definition) is 2. The Morgan fingerprint density at radius 2 is 2.19 bits per heavy atom. The Morgan fingerprint density at radius 1 is 1.42 bits per heavy atom. The van der Waals surface area contributed by atoms with Crippen LogP contribution in [0.1, 0.15) is 18.1 Å². The number of hydrogen-bond acceptors (Lipinski definition) is 6. The standard InChI is InChI=1S/C18H21FN4O3/c1-12(19)18(25)22-16-8-13-10-20-11-21-15(13)9-14(16)17(24)2-3-23-4-6-26-7-5-23/h8-11,17,24H,1-7H2,(H,22,25). The molecule has 0 bridgehead atoms. The first-order valence-corrected chi connectivity index (χ1v) is 8.42. The first-order valence-electron chi connectivity index (χ1n) is 8.42. The van der Waals surface area contributed by atoms with E-state index in [0.717, 1.165) is 13.1 Å². The van der Waals surface area contributed by atoms with E-state index in [1.54, 1.807) is 18.3 Å². The lowest BCUT2D eigenvalue weighted by molar-refractivity contribution is -0.114. The van der Waals surface area contributed by atoms with Crippen LogP contribution in [-0.4, -0.2) is 58.7 Å². The van der Waals surface area contributed by atoms with Gasteiger partial charge in [-0.1, -0.05) is 6.58 Å². The molecule has 0 saturated carbocycles. The average Bonchev–Trinajstić information content (AvgIpc) is 2.66. The van der Waals surface area contributed by atoms with Gasteiger partial charge in [0.25, 0.3) is 5.91 Å². The quantitative estimate of drug-likeness (QED) is 0.764. The number of nitrogens with one attached hydrogen (secondary N) is 1. The number of benzene rings is 1. The van der Waals surface area contributed by atoms with Gasteiger partial charge in [-0.15, -0.1) is 0 Å². The zero-order chi connectivity index (χ0) is 18.5. The predicted molar refractivity (Wildman–Crippen MR) is 95.3 cm³/mol. The second-order valence-corrected chi connectivity index (χ2v) is 6.14. The molecule has 0 radical (unpaired) electrons. The highest BCUT2D eigenvalue weighted by Gasteiger charge is 2.19. The first kappa shape index (κ1) is 18.4. The van der Waals surface area contributed by atoms with Crippen LogP contribution in [0.25, 0.3) is 10.9 Å². The smallest absolute Gasteiger partial charge is 0.283 e. The molecule has 1 atom stereocenters. The molecule has 1 unspecified atom stereocenters. The van der Waals surface area contributed by atoms with Gasteiger partial charge in [-0.25, -0.2) is 14.4 Å². The topological polar surface area (TPSA) is 87.6 Å². The van der Waals surface area contributed by atoms with E-state index in [-0.39, 0.29) is 0 Å². The number of carbonyl (C=O) groups excluding carboxylic acids is 1. The maximum absolute atomic E-state index is 13.1. The van der Waals surface area contributed by atoms with Crippen LogP contribution in [-0.2, 0) is 9.53 Å². The second kappa shape index (κ2) is 8.31. The number of carbonyl (C=O) groups is 1. The molecule has 0 aliphatic carbocycles. The van der Waals surface area contributed by atoms with E-state index in [0.29, 0.717) is 48.3 Å². The molecular weight excluding hydrogens is 339 g/mol. The molecule has 1 aliphatic rings. The third-order valence-corrected chi connectivity index (χ3v) is 4.35. The van der Waals surface area contributed by atoms with Gasteiger partial charge in [-0.05, 0) is 18.6 Å². The summed E-state index contributed by atoms with van der Waals surface area (Å²) in [6.45, 7) is 6.70. The zero-order valence-corrected chi connectivity index (χ0v) is 14.3. The summed E-state index contributed by atoms with van der Waals surface area (Å²) < 4.78 is 18.4. The molecular formula is C18H21FN4O3. The van der Waals surface area contributed by atoms with Crippen LogP contribution < -0.4 is 5.32 Å². The normalized spacial score (nSPS) is 16.4. The van der Waals surface area contributed by atoms with Crippen LogP contribution >= 0.6 is 0 Å². The van der Waals surface area contributed by atoms with Crippen molar-refractivity contribution in [3.63, 3.8) is 0 Å². The van der Waals surface area contributed by atoms with Crippen molar-refractivity contribution in [2.24, 2.45) is 0 Å². The minimum absolute atomic E-state index is 0.325. The van der Waals surface area contributed by atoms with Crippen molar-refractivity contribution in [1.82, 2.24) is 14.9 Å². The average molecular weight is 360 g/mol. The SMILES string of the molecule is C=C(F)C(=O)Nc1cc2cncnc2cc1C(O)CCN1CCOCC1. The van der Waals surface area contributed by atoms with Crippen molar-refractivity contribution >= 4 is 22.5 Å². The Labute approximate surface area is 150 Å². The fraction of sp³-hybridized carbons (Fsp3) is 0.389. The molecule has 1 fully saturated rings. The van der Waals surface area contributed by atoms with Crippen LogP contribution in [0.2, 0.25) is 0 Å². The summed E-state index contributed by atoms with van der Waals surface area (Å²) in [5.74, 6) is -2.04. The van der Waals surface area contributed by atoms with E-state index in [1.807, 2.05) is 0 Å². The van der Waals surface area contributed by atoms with Crippen LogP contribution in [0.5, 0.6) is 0 Å². The largest absolute Gasteiger partial charge is 0.388 e. The summed E-state index contributed by atoms with van der Waals surface area (Å²) in [6.07, 6.45) is 2.64. The molecule has 0 spiro atoms. The van der Waals surface area contributed by atoms with Crippen LogP contribution in [0.15, 0.2) is 37.1 Å². The molecule has 138 valence electrons. The van der Waals surface area contributed by atoms with Gasteiger partial charge in [0.1, 0.15) is 6.33 Å². The maximum Gasteiger partial charge on any atom is 0.283 e. The Morgan fingerprint density at radius 3 is 2.92 bits per heavy atom. The Kier molecular flexibility index (Phi) is 5.87. The van der Waals surface area contributed by atoms with E-state index < -0.39 is 17.8 Å². The summed E-state index contributed by atoms with van der Waals surface area (Å²) in [4.78, 5) is 22.0. The number of aliphatic hydroxyl groups excluding tert-OH is 1. The number of halogens is 1. The van der Waals surface area contributed by atoms with Crippen LogP contribution in [0, 0.1) is 0 Å². The van der Waals surface area contributed by atoms with E-state index >= 15 is 0 Å². The van der Waals surface area contributed by atoms with Gasteiger partial charge in [-0.3, -0.25) is 9.69 Å². The molecule has 8 heteroatoms. The van der Waals surface area contributed by atoms with Gasteiger partial charge in [0.15, 0.2) is 5.83 Å². The maximum atomic E-state index is 13.1. The minimum atomic E-state index is -1.09. The van der Waals surface area contributed by atoms with Gasteiger partial charge in [0.2, 0.25) is 0 Å². The molecule has 1 aromatic heterocycles. The molecule has 2 heterocycles. The Hall–Kier alpha value is -2.42. The monoisotopic (exact) mass is 360 g/mol. The minimum Gasteiger partial charge on any atom is -0.388 e. The summed E-state index contributed by atoms with van der Waals surface area (Å²) >= 11 is 0. The molecule has 1 aliphatic heterocycles. The Bertz CT molecular complexity index is 808. The van der Waals surface area contributed by atoms with Crippen molar-refractivity contribution in [2.45, 2.75) is 12.5 Å². The predicted octanol–water partition coefficient (Wildman–Crippen LogP) is 1.81. The number of fused-ring (bicyclic) bond motifs is 1. The van der Waals surface area contributed by atoms with E-state index in [1.165, 1.54) is 6.33 Å². The summed E-state index contributed by atoms with van der Waals surface area (Å²) in [6, 6.07) is 3.32. The van der Waals surface area contributed by atoms with Gasteiger partial charge < -0.3 is 15.2 Å². The number of ether oxygens (including phenoxy) is 1. The second-order valence-electron chi connectivity index (χ2n) is 6.14. The van der Waals surface area contributed by atoms with Crippen molar-refractivity contribution in [2.75, 3.05) is 38.2 Å². The number of morpholine rings is 1. The summed E-state index contributed by atoms with van der Waals surface area (Å²) in [5, 5.41) is 13.8. The van der Waals surface area contributed by atoms with Gasteiger partial charge in [0.05, 0.1) is 24.8 Å². The molecule has 3 rings (SSSR count). The van der Waals surface area contributed by atoms with Crippen molar-refractivity contribution in [1.29, 1.82) is 0 Å². The number of nitrogens with zero attached hydrogens (tertiary/aromatic N) is 3. The van der Waals surface area contributed by atoms with Crippen molar-refractivity contribution in [3.05, 3.63) is 42.6 Å². The highest BCUT2D eigenvalue weighted by atomic mass is 19.1. The number of amides is 1. The van der Waals surface area contributed by atoms with E-state index in [2.05, 4.69) is 26.8 Å². The van der Waals surface area contributed by atoms with E-state index in [9.17, 15) is 14.3 Å².